The topological polar surface area (TPSA) is 217 Å². The third kappa shape index (κ3) is 12.7. The maximum Gasteiger partial charge on any atom is 0.243 e. The normalized spacial score (nSPS) is 14.6. The number of hydrogen-bond acceptors (Lipinski definition) is 11. The third-order valence-electron chi connectivity index (χ3n) is 9.65. The van der Waals surface area contributed by atoms with Crippen LogP contribution in [-0.2, 0) is 35.2 Å². The highest BCUT2D eigenvalue weighted by Crippen LogP contribution is 2.50. The van der Waals surface area contributed by atoms with E-state index in [4.69, 9.17) is 18.9 Å². The predicted molar refractivity (Wildman–Crippen MR) is 217 cm³/mol. The zero-order valence-corrected chi connectivity index (χ0v) is 35.0. The van der Waals surface area contributed by atoms with E-state index in [1.165, 1.54) is 41.4 Å². The minimum atomic E-state index is -1.08. The first-order chi connectivity index (χ1) is 27.6. The number of carbonyl (C=O) groups excluding carboxylic acids is 6. The molecule has 5 N–H and O–H groups in total. The van der Waals surface area contributed by atoms with Gasteiger partial charge in [0.25, 0.3) is 0 Å². The maximum atomic E-state index is 14.2. The molecule has 4 atom stereocenters. The summed E-state index contributed by atoms with van der Waals surface area (Å²) in [6, 6.07) is 2.86. The molecule has 1 aliphatic rings. The van der Waals surface area contributed by atoms with Gasteiger partial charge in [-0.1, -0.05) is 33.8 Å². The van der Waals surface area contributed by atoms with Gasteiger partial charge in [-0.15, -0.1) is 0 Å². The molecule has 2 aromatic rings. The van der Waals surface area contributed by atoms with E-state index in [2.05, 4.69) is 26.6 Å². The number of rotatable bonds is 21. The van der Waals surface area contributed by atoms with Crippen LogP contribution in [-0.4, -0.2) is 88.9 Å². The van der Waals surface area contributed by atoms with Crippen molar-refractivity contribution in [1.82, 2.24) is 26.6 Å². The van der Waals surface area contributed by atoms with Crippen molar-refractivity contribution in [3.05, 3.63) is 45.6 Å². The molecule has 16 heteroatoms. The molecule has 0 aromatic heterocycles. The van der Waals surface area contributed by atoms with Crippen molar-refractivity contribution in [2.75, 3.05) is 35.0 Å². The van der Waals surface area contributed by atoms with Crippen molar-refractivity contribution in [1.29, 1.82) is 0 Å². The molecule has 0 radical (unpaired) electrons. The Morgan fingerprint density at radius 3 is 1.97 bits per heavy atom. The quantitative estimate of drug-likeness (QED) is 0.116. The highest BCUT2D eigenvalue weighted by Gasteiger charge is 2.33. The first-order valence-electron chi connectivity index (χ1n) is 19.5. The van der Waals surface area contributed by atoms with Crippen molar-refractivity contribution >= 4 is 35.8 Å². The Kier molecular flexibility index (Phi) is 18.0. The van der Waals surface area contributed by atoms with Crippen LogP contribution in [0.3, 0.4) is 0 Å². The summed E-state index contributed by atoms with van der Waals surface area (Å²) >= 11 is 0. The van der Waals surface area contributed by atoms with Crippen LogP contribution in [0.4, 0.5) is 0 Å². The van der Waals surface area contributed by atoms with Gasteiger partial charge in [0.05, 0.1) is 34.5 Å². The van der Waals surface area contributed by atoms with Crippen molar-refractivity contribution in [3.8, 4) is 34.1 Å². The average molecular weight is 810 g/mol. The summed E-state index contributed by atoms with van der Waals surface area (Å²) in [7, 11) is 5.94. The summed E-state index contributed by atoms with van der Waals surface area (Å²) in [5.41, 5.74) is 2.24. The molecule has 4 unspecified atom stereocenters. The number of methoxy groups -OCH3 is 4. The van der Waals surface area contributed by atoms with Gasteiger partial charge >= 0.3 is 0 Å². The monoisotopic (exact) mass is 809 g/mol. The van der Waals surface area contributed by atoms with Gasteiger partial charge in [-0.3, -0.25) is 28.8 Å². The molecule has 0 heterocycles. The van der Waals surface area contributed by atoms with Gasteiger partial charge in [0, 0.05) is 31.4 Å². The van der Waals surface area contributed by atoms with Gasteiger partial charge in [0.15, 0.2) is 17.2 Å². The van der Waals surface area contributed by atoms with Gasteiger partial charge < -0.3 is 50.3 Å². The summed E-state index contributed by atoms with van der Waals surface area (Å²) in [6.07, 6.45) is 2.02. The Morgan fingerprint density at radius 2 is 1.38 bits per heavy atom. The number of hydrogen-bond donors (Lipinski definition) is 5. The zero-order chi connectivity index (χ0) is 43.1. The van der Waals surface area contributed by atoms with Crippen molar-refractivity contribution in [2.24, 2.45) is 11.8 Å². The summed E-state index contributed by atoms with van der Waals surface area (Å²) in [5.74, 6) is -1.21. The molecule has 3 rings (SSSR count). The Morgan fingerprint density at radius 1 is 0.741 bits per heavy atom. The number of aryl methyl sites for hydroxylation is 1. The van der Waals surface area contributed by atoms with Crippen LogP contribution < -0.4 is 51.0 Å². The molecule has 16 nitrogen and oxygen atoms in total. The van der Waals surface area contributed by atoms with Crippen molar-refractivity contribution in [2.45, 2.75) is 104 Å². The lowest BCUT2D eigenvalue weighted by Crippen LogP contribution is -2.56. The molecular weight excluding hydrogens is 750 g/mol. The number of benzene rings is 1. The third-order valence-corrected chi connectivity index (χ3v) is 9.65. The lowest BCUT2D eigenvalue weighted by molar-refractivity contribution is -0.134. The summed E-state index contributed by atoms with van der Waals surface area (Å²) in [5, 5.41) is 13.8. The summed E-state index contributed by atoms with van der Waals surface area (Å²) in [6.45, 7) is 9.10. The smallest absolute Gasteiger partial charge is 0.243 e. The van der Waals surface area contributed by atoms with E-state index in [-0.39, 0.29) is 62.1 Å². The van der Waals surface area contributed by atoms with Crippen molar-refractivity contribution in [3.63, 3.8) is 0 Å². The minimum absolute atomic E-state index is 0.00960. The second kappa shape index (κ2) is 22.3. The van der Waals surface area contributed by atoms with Crippen LogP contribution in [0.15, 0.2) is 29.1 Å². The first-order valence-corrected chi connectivity index (χ1v) is 19.5. The summed E-state index contributed by atoms with van der Waals surface area (Å²) in [4.78, 5) is 89.6. The number of nitrogens with one attached hydrogen (secondary N) is 5. The molecule has 318 valence electrons. The van der Waals surface area contributed by atoms with Crippen LogP contribution in [0.25, 0.3) is 11.1 Å². The lowest BCUT2D eigenvalue weighted by atomic mass is 9.95. The predicted octanol–water partition coefficient (Wildman–Crippen LogP) is 2.90. The minimum Gasteiger partial charge on any atom is -0.493 e. The van der Waals surface area contributed by atoms with Gasteiger partial charge in [0.1, 0.15) is 24.4 Å². The number of fused-ring (bicyclic) bond motifs is 3. The lowest BCUT2D eigenvalue weighted by Gasteiger charge is -2.27. The molecule has 2 aromatic carbocycles. The molecule has 0 saturated heterocycles. The standard InChI is InChI=1S/C42H59N5O11/c1-23(2)19-30(45-36(51)16-17-43-35(50)11-10-18-48)41(53)44-25(5)40(52)47-31(20-24(3)4)42(54)46-29-14-12-26-21-34(56-7)38(57-8)39(58-9)37(26)27-13-15-33(55-6)32(49)22-28(27)29/h13,15,18,21-25,29-31H,10-12,14,16-17,19-20H2,1-9H3,(H,43,50)(H,44,53)(H,45,51)(H,46,54)(H,47,52). The summed E-state index contributed by atoms with van der Waals surface area (Å²) < 4.78 is 22.5. The molecule has 5 amide bonds. The van der Waals surface area contributed by atoms with E-state index in [1.807, 2.05) is 33.8 Å². The average Bonchev–Trinajstić information content (AvgIpc) is 3.42. The number of amides is 5. The molecule has 0 fully saturated rings. The SMILES string of the molecule is COc1cc2c(c(OC)c1OC)-c1ccc(OC)c(=O)cc1C(NC(=O)C(CC(C)C)NC(=O)C(C)NC(=O)C(CC(C)C)NC(=O)CCNC(=O)CCC=O)CC2. The van der Waals surface area contributed by atoms with Crippen molar-refractivity contribution < 1.29 is 47.7 Å². The Hall–Kier alpha value is -5.67. The second-order valence-corrected chi connectivity index (χ2v) is 15.0. The van der Waals surface area contributed by atoms with Gasteiger partial charge in [-0.05, 0) is 79.3 Å². The van der Waals surface area contributed by atoms with Crippen LogP contribution in [0.1, 0.15) is 90.3 Å². The molecule has 1 aliphatic carbocycles. The number of carbonyl (C=O) groups is 6. The van der Waals surface area contributed by atoms with E-state index < -0.39 is 53.2 Å². The molecule has 0 saturated carbocycles. The molecule has 0 aliphatic heterocycles. The Balaban J connectivity index is 1.84. The molecule has 58 heavy (non-hydrogen) atoms. The van der Waals surface area contributed by atoms with E-state index in [9.17, 15) is 33.6 Å². The highest BCUT2D eigenvalue weighted by molar-refractivity contribution is 5.94. The van der Waals surface area contributed by atoms with Crippen LogP contribution in [0.5, 0.6) is 23.0 Å². The first kappa shape index (κ1) is 46.7. The van der Waals surface area contributed by atoms with E-state index in [1.54, 1.807) is 12.1 Å². The zero-order valence-electron chi connectivity index (χ0n) is 35.0. The number of ether oxygens (including phenoxy) is 4. The van der Waals surface area contributed by atoms with Gasteiger partial charge in [-0.25, -0.2) is 0 Å². The van der Waals surface area contributed by atoms with Crippen LogP contribution in [0.2, 0.25) is 0 Å². The maximum absolute atomic E-state index is 14.2. The fraction of sp³-hybridized carbons (Fsp3) is 0.548. The van der Waals surface area contributed by atoms with Crippen LogP contribution >= 0.6 is 0 Å². The number of aldehydes is 1. The Bertz CT molecular complexity index is 1870. The van der Waals surface area contributed by atoms with E-state index in [0.29, 0.717) is 53.1 Å². The second-order valence-electron chi connectivity index (χ2n) is 15.0. The molecule has 0 bridgehead atoms. The van der Waals surface area contributed by atoms with Crippen LogP contribution in [0, 0.1) is 11.8 Å². The Labute approximate surface area is 339 Å². The fourth-order valence-corrected chi connectivity index (χ4v) is 6.83. The fourth-order valence-electron chi connectivity index (χ4n) is 6.83. The highest BCUT2D eigenvalue weighted by atomic mass is 16.5. The van der Waals surface area contributed by atoms with E-state index >= 15 is 0 Å². The molecular formula is C42H59N5O11. The van der Waals surface area contributed by atoms with Gasteiger partial charge in [-0.2, -0.15) is 0 Å². The van der Waals surface area contributed by atoms with Gasteiger partial charge in [0.2, 0.25) is 40.7 Å². The largest absolute Gasteiger partial charge is 0.493 e. The molecule has 0 spiro atoms. The van der Waals surface area contributed by atoms with E-state index in [0.717, 1.165) is 5.56 Å².